The number of fused-ring (bicyclic) bond motifs is 10. The van der Waals surface area contributed by atoms with E-state index >= 15 is 4.39 Å². The number of amides is 1. The summed E-state index contributed by atoms with van der Waals surface area (Å²) < 4.78 is 38.0. The summed E-state index contributed by atoms with van der Waals surface area (Å²) in [7, 11) is 0. The number of ether oxygens (including phenoxy) is 1. The summed E-state index contributed by atoms with van der Waals surface area (Å²) >= 11 is 6.86. The molecule has 2 aromatic heterocycles. The predicted octanol–water partition coefficient (Wildman–Crippen LogP) is 6.37. The van der Waals surface area contributed by atoms with Gasteiger partial charge in [-0.05, 0) is 81.5 Å². The Morgan fingerprint density at radius 1 is 1.06 bits per heavy atom. The summed E-state index contributed by atoms with van der Waals surface area (Å²) in [5.41, 5.74) is 2.39. The maximum Gasteiger partial charge on any atom is 0.319 e. The molecule has 4 aromatic rings. The SMILES string of the molecule is O=C1CCCCc2c(Cl)cc3[nH]ncc3c2-c2ccc3c(nc(OCC45CCCN4CC(F)C5)nc3c2F)N2CCCC(CCN1)C2. The third-order valence-electron chi connectivity index (χ3n) is 10.8. The topological polar surface area (TPSA) is 99.3 Å². The minimum Gasteiger partial charge on any atom is -0.461 e. The van der Waals surface area contributed by atoms with Gasteiger partial charge in [-0.3, -0.25) is 14.8 Å². The van der Waals surface area contributed by atoms with Gasteiger partial charge in [0, 0.05) is 65.9 Å². The van der Waals surface area contributed by atoms with Crippen molar-refractivity contribution in [2.24, 2.45) is 5.92 Å². The number of piperidine rings is 1. The van der Waals surface area contributed by atoms with E-state index in [4.69, 9.17) is 26.3 Å². The Bertz CT molecular complexity index is 1840. The van der Waals surface area contributed by atoms with Crippen molar-refractivity contribution in [3.05, 3.63) is 40.8 Å². The van der Waals surface area contributed by atoms with Crippen LogP contribution in [0.1, 0.15) is 63.4 Å². The van der Waals surface area contributed by atoms with Crippen molar-refractivity contribution in [2.75, 3.05) is 44.2 Å². The van der Waals surface area contributed by atoms with E-state index in [1.165, 1.54) is 0 Å². The smallest absolute Gasteiger partial charge is 0.319 e. The van der Waals surface area contributed by atoms with Crippen LogP contribution in [0.25, 0.3) is 32.9 Å². The lowest BCUT2D eigenvalue weighted by Crippen LogP contribution is -2.43. The van der Waals surface area contributed by atoms with Crippen LogP contribution in [0.2, 0.25) is 5.02 Å². The number of rotatable bonds is 3. The monoisotopic (exact) mass is 663 g/mol. The Hall–Kier alpha value is -3.57. The highest BCUT2D eigenvalue weighted by atomic mass is 35.5. The fraction of sp³-hybridized carbons (Fsp3) is 0.543. The first-order chi connectivity index (χ1) is 22.9. The highest BCUT2D eigenvalue weighted by Gasteiger charge is 2.49. The standard InChI is InChI=1S/C35H40ClF2N7O2/c36-27-15-28-26(17-40-43-28)30-23(27)6-1-2-7-29(46)39-12-10-21-5-3-13-44(18-21)33-25-9-8-24(30)31(38)32(25)41-34(42-33)47-20-35-11-4-14-45(35)19-22(37)16-35/h8-9,15,17,21-22H,1-7,10-14,16,18-20H2,(H,39,46)(H,40,43). The van der Waals surface area contributed by atoms with Crippen LogP contribution in [0.3, 0.4) is 0 Å². The molecule has 0 saturated carbocycles. The third kappa shape index (κ3) is 5.69. The number of nitrogens with one attached hydrogen (secondary N) is 2. The number of carbonyl (C=O) groups excluding carboxylic acids is 1. The number of aromatic amines is 1. The molecule has 0 spiro atoms. The fourth-order valence-electron chi connectivity index (χ4n) is 8.51. The minimum absolute atomic E-state index is 0.0530. The van der Waals surface area contributed by atoms with Gasteiger partial charge >= 0.3 is 6.01 Å². The molecule has 1 amide bonds. The molecule has 47 heavy (non-hydrogen) atoms. The van der Waals surface area contributed by atoms with Gasteiger partial charge in [0.05, 0.1) is 17.3 Å². The van der Waals surface area contributed by atoms with Gasteiger partial charge in [-0.25, -0.2) is 8.78 Å². The molecule has 2 N–H and O–H groups in total. The van der Waals surface area contributed by atoms with Crippen LogP contribution >= 0.6 is 11.6 Å². The zero-order valence-corrected chi connectivity index (χ0v) is 27.2. The first kappa shape index (κ1) is 30.7. The number of aromatic nitrogens is 4. The highest BCUT2D eigenvalue weighted by Crippen LogP contribution is 2.43. The molecular weight excluding hydrogens is 624 g/mol. The van der Waals surface area contributed by atoms with Gasteiger partial charge < -0.3 is 15.0 Å². The molecule has 5 aliphatic rings. The second-order valence-corrected chi connectivity index (χ2v) is 14.3. The van der Waals surface area contributed by atoms with Gasteiger partial charge in [0.1, 0.15) is 24.1 Å². The second kappa shape index (κ2) is 12.5. The van der Waals surface area contributed by atoms with Crippen molar-refractivity contribution in [3.63, 3.8) is 0 Å². The quantitative estimate of drug-likeness (QED) is 0.263. The number of carbonyl (C=O) groups is 1. The molecule has 3 saturated heterocycles. The summed E-state index contributed by atoms with van der Waals surface area (Å²) in [6.45, 7) is 3.66. The van der Waals surface area contributed by atoms with Crippen molar-refractivity contribution >= 4 is 45.1 Å². The Balaban J connectivity index is 1.27. The number of H-pyrrole nitrogens is 1. The van der Waals surface area contributed by atoms with E-state index in [1.54, 1.807) is 12.3 Å². The predicted molar refractivity (Wildman–Crippen MR) is 178 cm³/mol. The van der Waals surface area contributed by atoms with Crippen molar-refractivity contribution in [1.82, 2.24) is 30.4 Å². The zero-order chi connectivity index (χ0) is 32.1. The summed E-state index contributed by atoms with van der Waals surface area (Å²) in [5, 5.41) is 12.3. The molecule has 7 heterocycles. The molecule has 0 aliphatic carbocycles. The molecule has 3 unspecified atom stereocenters. The van der Waals surface area contributed by atoms with Gasteiger partial charge in [-0.2, -0.15) is 15.1 Å². The van der Waals surface area contributed by atoms with E-state index in [0.717, 1.165) is 69.1 Å². The molecule has 9 nitrogen and oxygen atoms in total. The summed E-state index contributed by atoms with van der Waals surface area (Å²) in [6, 6.07) is 5.66. The summed E-state index contributed by atoms with van der Waals surface area (Å²) in [4.78, 5) is 26.7. The van der Waals surface area contributed by atoms with Crippen LogP contribution in [0.4, 0.5) is 14.6 Å². The number of alkyl halides is 1. The van der Waals surface area contributed by atoms with Crippen LogP contribution in [-0.4, -0.2) is 82.0 Å². The number of hydrogen-bond donors (Lipinski definition) is 2. The molecule has 3 atom stereocenters. The van der Waals surface area contributed by atoms with Gasteiger partial charge in [0.15, 0.2) is 5.82 Å². The maximum absolute atomic E-state index is 17.1. The minimum atomic E-state index is -0.881. The summed E-state index contributed by atoms with van der Waals surface area (Å²) in [5.74, 6) is 0.579. The van der Waals surface area contributed by atoms with E-state index in [9.17, 15) is 9.18 Å². The van der Waals surface area contributed by atoms with Crippen LogP contribution in [0, 0.1) is 11.7 Å². The Kier molecular flexibility index (Phi) is 8.16. The molecule has 248 valence electrons. The molecule has 3 fully saturated rings. The van der Waals surface area contributed by atoms with E-state index in [0.29, 0.717) is 77.6 Å². The zero-order valence-electron chi connectivity index (χ0n) is 26.5. The molecule has 6 bridgehead atoms. The van der Waals surface area contributed by atoms with Crippen molar-refractivity contribution in [1.29, 1.82) is 0 Å². The fourth-order valence-corrected chi connectivity index (χ4v) is 8.81. The van der Waals surface area contributed by atoms with Crippen LogP contribution in [-0.2, 0) is 11.2 Å². The van der Waals surface area contributed by atoms with Gasteiger partial charge in [-0.15, -0.1) is 0 Å². The maximum atomic E-state index is 17.1. The Morgan fingerprint density at radius 2 is 1.96 bits per heavy atom. The lowest BCUT2D eigenvalue weighted by molar-refractivity contribution is -0.121. The van der Waals surface area contributed by atoms with Gasteiger partial charge in [0.2, 0.25) is 5.91 Å². The van der Waals surface area contributed by atoms with Crippen molar-refractivity contribution < 1.29 is 18.3 Å². The first-order valence-electron chi connectivity index (χ1n) is 17.1. The molecular formula is C35H40ClF2N7O2. The summed E-state index contributed by atoms with van der Waals surface area (Å²) in [6.07, 6.45) is 8.40. The van der Waals surface area contributed by atoms with Crippen LogP contribution in [0.15, 0.2) is 24.4 Å². The Labute approximate surface area is 277 Å². The molecule has 0 radical (unpaired) electrons. The van der Waals surface area contributed by atoms with Crippen molar-refractivity contribution in [3.8, 4) is 17.1 Å². The first-order valence-corrected chi connectivity index (χ1v) is 17.4. The van der Waals surface area contributed by atoms with Gasteiger partial charge in [-0.1, -0.05) is 17.7 Å². The van der Waals surface area contributed by atoms with E-state index < -0.39 is 12.0 Å². The molecule has 12 heteroatoms. The number of halogens is 3. The van der Waals surface area contributed by atoms with E-state index in [-0.39, 0.29) is 29.6 Å². The third-order valence-corrected chi connectivity index (χ3v) is 11.2. The lowest BCUT2D eigenvalue weighted by Gasteiger charge is -2.35. The van der Waals surface area contributed by atoms with E-state index in [1.807, 2.05) is 12.1 Å². The van der Waals surface area contributed by atoms with Gasteiger partial charge in [0.25, 0.3) is 0 Å². The van der Waals surface area contributed by atoms with E-state index in [2.05, 4.69) is 25.3 Å². The van der Waals surface area contributed by atoms with Crippen LogP contribution in [0.5, 0.6) is 6.01 Å². The number of nitrogens with zero attached hydrogens (tertiary/aromatic N) is 5. The number of benzene rings is 2. The average Bonchev–Trinajstić information content (AvgIpc) is 3.76. The van der Waals surface area contributed by atoms with Crippen LogP contribution < -0.4 is 15.0 Å². The lowest BCUT2D eigenvalue weighted by atomic mass is 9.91. The number of anilines is 1. The second-order valence-electron chi connectivity index (χ2n) is 13.9. The number of hydrogen-bond acceptors (Lipinski definition) is 7. The van der Waals surface area contributed by atoms with Crippen molar-refractivity contribution in [2.45, 2.75) is 75.9 Å². The highest BCUT2D eigenvalue weighted by molar-refractivity contribution is 6.33. The molecule has 9 rings (SSSR count). The Morgan fingerprint density at radius 3 is 2.87 bits per heavy atom. The normalized spacial score (nSPS) is 25.6. The largest absolute Gasteiger partial charge is 0.461 e. The average molecular weight is 664 g/mol. The molecule has 2 aromatic carbocycles. The molecule has 5 aliphatic heterocycles.